The van der Waals surface area contributed by atoms with E-state index in [9.17, 15) is 14.3 Å². The minimum absolute atomic E-state index is 0.0616. The summed E-state index contributed by atoms with van der Waals surface area (Å²) in [6, 6.07) is 9.10. The summed E-state index contributed by atoms with van der Waals surface area (Å²) in [5.74, 6) is -0.772. The van der Waals surface area contributed by atoms with Gasteiger partial charge in [0, 0.05) is 24.5 Å². The lowest BCUT2D eigenvalue weighted by atomic mass is 10.0. The molecule has 0 aliphatic heterocycles. The summed E-state index contributed by atoms with van der Waals surface area (Å²) < 4.78 is 18.3. The molecule has 3 aromatic rings. The van der Waals surface area contributed by atoms with Gasteiger partial charge in [-0.1, -0.05) is 5.16 Å². The molecule has 7 heteroatoms. The quantitative estimate of drug-likeness (QED) is 0.745. The minimum Gasteiger partial charge on any atom is -0.385 e. The number of hydrogen-bond donors (Lipinski definition) is 2. The van der Waals surface area contributed by atoms with Crippen molar-refractivity contribution in [2.24, 2.45) is 0 Å². The van der Waals surface area contributed by atoms with E-state index in [0.29, 0.717) is 5.56 Å². The molecule has 2 N–H and O–H groups in total. The highest BCUT2D eigenvalue weighted by Crippen LogP contribution is 2.29. The molecule has 0 aliphatic carbocycles. The molecule has 6 nitrogen and oxygen atoms in total. The van der Waals surface area contributed by atoms with Crippen LogP contribution in [-0.4, -0.2) is 21.2 Å². The van der Waals surface area contributed by atoms with Crippen LogP contribution in [0.2, 0.25) is 0 Å². The van der Waals surface area contributed by atoms with Gasteiger partial charge >= 0.3 is 0 Å². The monoisotopic (exact) mass is 341 g/mol. The number of pyridine rings is 1. The molecule has 128 valence electrons. The van der Waals surface area contributed by atoms with Crippen molar-refractivity contribution in [2.45, 2.75) is 19.6 Å². The van der Waals surface area contributed by atoms with Gasteiger partial charge in [-0.15, -0.1) is 0 Å². The van der Waals surface area contributed by atoms with Crippen molar-refractivity contribution >= 4 is 5.91 Å². The Hall–Kier alpha value is -3.06. The van der Waals surface area contributed by atoms with Crippen molar-refractivity contribution in [3.8, 4) is 11.3 Å². The molecule has 2 heterocycles. The third-order valence-corrected chi connectivity index (χ3v) is 3.65. The summed E-state index contributed by atoms with van der Waals surface area (Å²) in [7, 11) is 0. The first-order chi connectivity index (χ1) is 12.1. The van der Waals surface area contributed by atoms with Gasteiger partial charge in [-0.05, 0) is 48.9 Å². The molecule has 0 aliphatic rings. The Labute approximate surface area is 143 Å². The van der Waals surface area contributed by atoms with E-state index in [1.807, 2.05) is 0 Å². The number of rotatable bonds is 5. The molecule has 0 radical (unpaired) electrons. The van der Waals surface area contributed by atoms with Gasteiger partial charge in [-0.3, -0.25) is 9.78 Å². The van der Waals surface area contributed by atoms with Crippen LogP contribution in [0.5, 0.6) is 0 Å². The van der Waals surface area contributed by atoms with E-state index in [0.717, 1.165) is 5.56 Å². The van der Waals surface area contributed by atoms with Gasteiger partial charge in [0.05, 0.1) is 0 Å². The van der Waals surface area contributed by atoms with Gasteiger partial charge in [0.15, 0.2) is 5.76 Å². The molecule has 0 spiro atoms. The SMILES string of the molecule is C[C@H](O)c1onc(-c2ccc(F)cc2)c1C(=O)NCc1ccncc1. The number of benzene rings is 1. The summed E-state index contributed by atoms with van der Waals surface area (Å²) in [5, 5.41) is 16.5. The van der Waals surface area contributed by atoms with Crippen LogP contribution < -0.4 is 5.32 Å². The van der Waals surface area contributed by atoms with Crippen LogP contribution in [0.3, 0.4) is 0 Å². The standard InChI is InChI=1S/C18H16FN3O3/c1-11(23)17-15(18(24)21-10-12-6-8-20-9-7-12)16(22-25-17)13-2-4-14(19)5-3-13/h2-9,11,23H,10H2,1H3,(H,21,24)/t11-/m0/s1. The van der Waals surface area contributed by atoms with E-state index in [1.165, 1.54) is 31.2 Å². The maximum absolute atomic E-state index is 13.1. The van der Waals surface area contributed by atoms with Crippen molar-refractivity contribution in [2.75, 3.05) is 0 Å². The molecule has 0 unspecified atom stereocenters. The first-order valence-electron chi connectivity index (χ1n) is 7.67. The van der Waals surface area contributed by atoms with Crippen molar-refractivity contribution < 1.29 is 18.8 Å². The van der Waals surface area contributed by atoms with Crippen molar-refractivity contribution in [1.82, 2.24) is 15.5 Å². The number of nitrogens with one attached hydrogen (secondary N) is 1. The Kier molecular flexibility index (Phi) is 4.85. The second-order valence-electron chi connectivity index (χ2n) is 5.49. The molecule has 1 atom stereocenters. The van der Waals surface area contributed by atoms with Gasteiger partial charge in [-0.2, -0.15) is 0 Å². The lowest BCUT2D eigenvalue weighted by Crippen LogP contribution is -2.24. The maximum Gasteiger partial charge on any atom is 0.257 e. The number of aliphatic hydroxyl groups excluding tert-OH is 1. The predicted octanol–water partition coefficient (Wildman–Crippen LogP) is 2.86. The highest BCUT2D eigenvalue weighted by molar-refractivity contribution is 6.00. The number of aromatic nitrogens is 2. The summed E-state index contributed by atoms with van der Waals surface area (Å²) >= 11 is 0. The number of nitrogens with zero attached hydrogens (tertiary/aromatic N) is 2. The Bertz CT molecular complexity index is 861. The van der Waals surface area contributed by atoms with Gasteiger partial charge in [0.2, 0.25) is 0 Å². The molecule has 1 aromatic carbocycles. The Morgan fingerprint density at radius 3 is 2.56 bits per heavy atom. The second kappa shape index (κ2) is 7.23. The van der Waals surface area contributed by atoms with Gasteiger partial charge in [-0.25, -0.2) is 4.39 Å². The lowest BCUT2D eigenvalue weighted by molar-refractivity contribution is 0.0938. The third-order valence-electron chi connectivity index (χ3n) is 3.65. The van der Waals surface area contributed by atoms with E-state index in [2.05, 4.69) is 15.5 Å². The Morgan fingerprint density at radius 2 is 1.92 bits per heavy atom. The summed E-state index contributed by atoms with van der Waals surface area (Å²) in [5.41, 5.74) is 1.78. The van der Waals surface area contributed by atoms with Crippen LogP contribution in [0.4, 0.5) is 4.39 Å². The molecule has 2 aromatic heterocycles. The summed E-state index contributed by atoms with van der Waals surface area (Å²) in [6.07, 6.45) is 2.25. The zero-order valence-electron chi connectivity index (χ0n) is 13.4. The molecule has 1 amide bonds. The van der Waals surface area contributed by atoms with Crippen LogP contribution in [0, 0.1) is 5.82 Å². The molecular formula is C18H16FN3O3. The van der Waals surface area contributed by atoms with Crippen LogP contribution in [0.1, 0.15) is 34.7 Å². The normalized spacial score (nSPS) is 12.0. The van der Waals surface area contributed by atoms with E-state index in [-0.39, 0.29) is 23.6 Å². The van der Waals surface area contributed by atoms with Crippen LogP contribution in [0.15, 0.2) is 53.3 Å². The zero-order valence-corrected chi connectivity index (χ0v) is 13.4. The molecule has 0 bridgehead atoms. The number of aliphatic hydroxyl groups is 1. The molecule has 3 rings (SSSR count). The topological polar surface area (TPSA) is 88.2 Å². The fourth-order valence-corrected chi connectivity index (χ4v) is 2.38. The zero-order chi connectivity index (χ0) is 17.8. The van der Waals surface area contributed by atoms with E-state index in [4.69, 9.17) is 4.52 Å². The number of hydrogen-bond acceptors (Lipinski definition) is 5. The summed E-state index contributed by atoms with van der Waals surface area (Å²) in [6.45, 7) is 1.77. The van der Waals surface area contributed by atoms with E-state index < -0.39 is 17.8 Å². The van der Waals surface area contributed by atoms with Crippen LogP contribution >= 0.6 is 0 Å². The van der Waals surface area contributed by atoms with Crippen LogP contribution in [0.25, 0.3) is 11.3 Å². The van der Waals surface area contributed by atoms with Gasteiger partial charge < -0.3 is 14.9 Å². The predicted molar refractivity (Wildman–Crippen MR) is 87.9 cm³/mol. The fraction of sp³-hybridized carbons (Fsp3) is 0.167. The fourth-order valence-electron chi connectivity index (χ4n) is 2.38. The Morgan fingerprint density at radius 1 is 1.24 bits per heavy atom. The highest BCUT2D eigenvalue weighted by Gasteiger charge is 2.26. The smallest absolute Gasteiger partial charge is 0.257 e. The van der Waals surface area contributed by atoms with E-state index >= 15 is 0 Å². The largest absolute Gasteiger partial charge is 0.385 e. The van der Waals surface area contributed by atoms with Gasteiger partial charge in [0.1, 0.15) is 23.2 Å². The van der Waals surface area contributed by atoms with Crippen molar-refractivity contribution in [1.29, 1.82) is 0 Å². The number of carbonyl (C=O) groups is 1. The Balaban J connectivity index is 1.91. The maximum atomic E-state index is 13.1. The number of amides is 1. The molecule has 0 fully saturated rings. The van der Waals surface area contributed by atoms with Crippen LogP contribution in [-0.2, 0) is 6.54 Å². The molecule has 0 saturated heterocycles. The molecular weight excluding hydrogens is 325 g/mol. The number of halogens is 1. The van der Waals surface area contributed by atoms with Crippen molar-refractivity contribution in [3.05, 3.63) is 71.5 Å². The van der Waals surface area contributed by atoms with E-state index in [1.54, 1.807) is 24.5 Å². The average Bonchev–Trinajstić information content (AvgIpc) is 3.06. The second-order valence-corrected chi connectivity index (χ2v) is 5.49. The lowest BCUT2D eigenvalue weighted by Gasteiger charge is -2.08. The first kappa shape index (κ1) is 16.8. The highest BCUT2D eigenvalue weighted by atomic mass is 19.1. The third kappa shape index (κ3) is 3.72. The van der Waals surface area contributed by atoms with Crippen molar-refractivity contribution in [3.63, 3.8) is 0 Å². The minimum atomic E-state index is -1.01. The molecule has 0 saturated carbocycles. The number of carbonyl (C=O) groups excluding carboxylic acids is 1. The molecule has 25 heavy (non-hydrogen) atoms. The summed E-state index contributed by atoms with van der Waals surface area (Å²) in [4.78, 5) is 16.6. The average molecular weight is 341 g/mol. The first-order valence-corrected chi connectivity index (χ1v) is 7.67. The van der Waals surface area contributed by atoms with Gasteiger partial charge in [0.25, 0.3) is 5.91 Å².